The first-order valence-corrected chi connectivity index (χ1v) is 5.67. The van der Waals surface area contributed by atoms with Crippen LogP contribution in [0.15, 0.2) is 11.0 Å². The molecule has 0 saturated heterocycles. The van der Waals surface area contributed by atoms with Crippen LogP contribution >= 0.6 is 11.8 Å². The quantitative estimate of drug-likeness (QED) is 0.624. The van der Waals surface area contributed by atoms with E-state index in [1.54, 1.807) is 0 Å². The standard InChI is InChI=1S/C10H16OS/c1-2-3-4-5-10-8-9(11)6-7-12-10/h8H,2-7H2,1H3. The summed E-state index contributed by atoms with van der Waals surface area (Å²) in [4.78, 5) is 12.3. The lowest BCUT2D eigenvalue weighted by Crippen LogP contribution is -2.02. The molecule has 0 aromatic rings. The Balaban J connectivity index is 2.26. The molecular formula is C10H16OS. The van der Waals surface area contributed by atoms with Crippen molar-refractivity contribution in [2.24, 2.45) is 0 Å². The molecule has 1 rings (SSSR count). The second-order valence-corrected chi connectivity index (χ2v) is 4.35. The van der Waals surface area contributed by atoms with Crippen LogP contribution < -0.4 is 0 Å². The second-order valence-electron chi connectivity index (χ2n) is 3.13. The molecule has 12 heavy (non-hydrogen) atoms. The third-order valence-electron chi connectivity index (χ3n) is 1.98. The molecule has 0 amide bonds. The first kappa shape index (κ1) is 9.85. The number of unbranched alkanes of at least 4 members (excludes halogenated alkanes) is 2. The normalized spacial score (nSPS) is 17.8. The topological polar surface area (TPSA) is 17.1 Å². The zero-order chi connectivity index (χ0) is 8.81. The third-order valence-corrected chi connectivity index (χ3v) is 3.09. The van der Waals surface area contributed by atoms with Gasteiger partial charge in [0.25, 0.3) is 0 Å². The molecule has 2 heteroatoms. The predicted octanol–water partition coefficient (Wildman–Crippen LogP) is 3.16. The fourth-order valence-corrected chi connectivity index (χ4v) is 2.34. The van der Waals surface area contributed by atoms with Crippen molar-refractivity contribution in [3.8, 4) is 0 Å². The maximum absolute atomic E-state index is 11.0. The van der Waals surface area contributed by atoms with E-state index in [9.17, 15) is 4.79 Å². The number of carbonyl (C=O) groups is 1. The number of hydrogen-bond donors (Lipinski definition) is 0. The molecule has 0 radical (unpaired) electrons. The molecule has 1 aliphatic heterocycles. The minimum atomic E-state index is 0.320. The van der Waals surface area contributed by atoms with Crippen LogP contribution in [0.1, 0.15) is 39.0 Å². The first-order valence-electron chi connectivity index (χ1n) is 4.69. The van der Waals surface area contributed by atoms with Gasteiger partial charge in [-0.05, 0) is 23.8 Å². The molecule has 1 aliphatic rings. The monoisotopic (exact) mass is 184 g/mol. The van der Waals surface area contributed by atoms with Crippen molar-refractivity contribution in [2.45, 2.75) is 39.0 Å². The number of ketones is 1. The van der Waals surface area contributed by atoms with Crippen molar-refractivity contribution in [1.29, 1.82) is 0 Å². The summed E-state index contributed by atoms with van der Waals surface area (Å²) in [5, 5.41) is 0. The van der Waals surface area contributed by atoms with E-state index in [0.717, 1.165) is 18.6 Å². The van der Waals surface area contributed by atoms with Gasteiger partial charge >= 0.3 is 0 Å². The zero-order valence-corrected chi connectivity index (χ0v) is 8.45. The van der Waals surface area contributed by atoms with Crippen LogP contribution in [0.3, 0.4) is 0 Å². The van der Waals surface area contributed by atoms with E-state index < -0.39 is 0 Å². The largest absolute Gasteiger partial charge is 0.295 e. The Morgan fingerprint density at radius 1 is 1.50 bits per heavy atom. The van der Waals surface area contributed by atoms with Gasteiger partial charge in [0.2, 0.25) is 0 Å². The van der Waals surface area contributed by atoms with Gasteiger partial charge in [-0.15, -0.1) is 11.8 Å². The van der Waals surface area contributed by atoms with Crippen LogP contribution in [0.25, 0.3) is 0 Å². The van der Waals surface area contributed by atoms with Crippen molar-refractivity contribution in [2.75, 3.05) is 5.75 Å². The lowest BCUT2D eigenvalue weighted by Gasteiger charge is -2.10. The Hall–Kier alpha value is -0.240. The van der Waals surface area contributed by atoms with Crippen LogP contribution in [0.4, 0.5) is 0 Å². The smallest absolute Gasteiger partial charge is 0.157 e. The van der Waals surface area contributed by atoms with Gasteiger partial charge in [-0.2, -0.15) is 0 Å². The van der Waals surface area contributed by atoms with E-state index in [-0.39, 0.29) is 0 Å². The van der Waals surface area contributed by atoms with Crippen LogP contribution in [0.2, 0.25) is 0 Å². The van der Waals surface area contributed by atoms with Crippen LogP contribution in [-0.2, 0) is 4.79 Å². The maximum atomic E-state index is 11.0. The lowest BCUT2D eigenvalue weighted by atomic mass is 10.1. The van der Waals surface area contributed by atoms with E-state index in [0.29, 0.717) is 5.78 Å². The van der Waals surface area contributed by atoms with Crippen LogP contribution in [0, 0.1) is 0 Å². The van der Waals surface area contributed by atoms with Crippen molar-refractivity contribution in [3.63, 3.8) is 0 Å². The summed E-state index contributed by atoms with van der Waals surface area (Å²) >= 11 is 1.86. The van der Waals surface area contributed by atoms with Gasteiger partial charge in [0.15, 0.2) is 5.78 Å². The molecule has 0 spiro atoms. The van der Waals surface area contributed by atoms with Gasteiger partial charge < -0.3 is 0 Å². The SMILES string of the molecule is CCCCCC1=CC(=O)CCS1. The molecule has 0 bridgehead atoms. The number of carbonyl (C=O) groups excluding carboxylic acids is 1. The molecule has 0 unspecified atom stereocenters. The minimum Gasteiger partial charge on any atom is -0.295 e. The summed E-state index contributed by atoms with van der Waals surface area (Å²) in [5.74, 6) is 1.32. The summed E-state index contributed by atoms with van der Waals surface area (Å²) in [7, 11) is 0. The third kappa shape index (κ3) is 3.44. The first-order chi connectivity index (χ1) is 5.83. The van der Waals surface area contributed by atoms with Crippen LogP contribution in [0.5, 0.6) is 0 Å². The molecule has 1 heterocycles. The van der Waals surface area contributed by atoms with E-state index in [1.165, 1.54) is 24.2 Å². The van der Waals surface area contributed by atoms with Gasteiger partial charge in [0.05, 0.1) is 0 Å². The predicted molar refractivity (Wildman–Crippen MR) is 54.3 cm³/mol. The van der Waals surface area contributed by atoms with Crippen molar-refractivity contribution >= 4 is 17.5 Å². The maximum Gasteiger partial charge on any atom is 0.157 e. The number of thioether (sulfide) groups is 1. The molecule has 0 aliphatic carbocycles. The van der Waals surface area contributed by atoms with E-state index in [1.807, 2.05) is 17.8 Å². The fraction of sp³-hybridized carbons (Fsp3) is 0.700. The Bertz CT molecular complexity index is 184. The van der Waals surface area contributed by atoms with Crippen LogP contribution in [-0.4, -0.2) is 11.5 Å². The van der Waals surface area contributed by atoms with Gasteiger partial charge in [-0.3, -0.25) is 4.79 Å². The molecule has 1 nitrogen and oxygen atoms in total. The highest BCUT2D eigenvalue weighted by Gasteiger charge is 2.09. The summed E-state index contributed by atoms with van der Waals surface area (Å²) in [6.45, 7) is 2.20. The zero-order valence-electron chi connectivity index (χ0n) is 7.64. The number of rotatable bonds is 4. The van der Waals surface area contributed by atoms with Gasteiger partial charge in [0, 0.05) is 12.2 Å². The molecule has 0 atom stereocenters. The van der Waals surface area contributed by atoms with Crippen molar-refractivity contribution in [3.05, 3.63) is 11.0 Å². The average Bonchev–Trinajstić information content (AvgIpc) is 2.05. The van der Waals surface area contributed by atoms with E-state index in [4.69, 9.17) is 0 Å². The Kier molecular flexibility index (Phi) is 4.44. The summed E-state index contributed by atoms with van der Waals surface area (Å²) in [6.07, 6.45) is 7.47. The van der Waals surface area contributed by atoms with Gasteiger partial charge in [-0.25, -0.2) is 0 Å². The van der Waals surface area contributed by atoms with E-state index >= 15 is 0 Å². The average molecular weight is 184 g/mol. The highest BCUT2D eigenvalue weighted by molar-refractivity contribution is 8.03. The van der Waals surface area contributed by atoms with Gasteiger partial charge in [-0.1, -0.05) is 19.8 Å². The van der Waals surface area contributed by atoms with Crippen molar-refractivity contribution < 1.29 is 4.79 Å². The Morgan fingerprint density at radius 3 is 3.00 bits per heavy atom. The highest BCUT2D eigenvalue weighted by atomic mass is 32.2. The fourth-order valence-electron chi connectivity index (χ4n) is 1.27. The molecule has 0 saturated carbocycles. The Morgan fingerprint density at radius 2 is 2.33 bits per heavy atom. The molecular weight excluding hydrogens is 168 g/mol. The minimum absolute atomic E-state index is 0.320. The summed E-state index contributed by atoms with van der Waals surface area (Å²) in [5.41, 5.74) is 0. The summed E-state index contributed by atoms with van der Waals surface area (Å²) < 4.78 is 0. The number of hydrogen-bond acceptors (Lipinski definition) is 2. The summed E-state index contributed by atoms with van der Waals surface area (Å²) in [6, 6.07) is 0. The second kappa shape index (κ2) is 5.41. The molecule has 0 aromatic carbocycles. The molecule has 0 N–H and O–H groups in total. The lowest BCUT2D eigenvalue weighted by molar-refractivity contribution is -0.114. The van der Waals surface area contributed by atoms with E-state index in [2.05, 4.69) is 6.92 Å². The molecule has 68 valence electrons. The van der Waals surface area contributed by atoms with Crippen molar-refractivity contribution in [1.82, 2.24) is 0 Å². The molecule has 0 aromatic heterocycles. The molecule has 0 fully saturated rings. The van der Waals surface area contributed by atoms with Gasteiger partial charge in [0.1, 0.15) is 0 Å². The number of allylic oxidation sites excluding steroid dienone is 2. The Labute approximate surface area is 78.6 Å². The highest BCUT2D eigenvalue weighted by Crippen LogP contribution is 2.26.